The number of rotatable bonds is 9. The lowest BCUT2D eigenvalue weighted by Crippen LogP contribution is -2.35. The molecule has 0 aliphatic heterocycles. The second-order valence-electron chi connectivity index (χ2n) is 6.92. The van der Waals surface area contributed by atoms with Gasteiger partial charge in [-0.25, -0.2) is 0 Å². The Bertz CT molecular complexity index is 729. The number of carbonyl (C=O) groups excluding carboxylic acids is 1. The van der Waals surface area contributed by atoms with Crippen LogP contribution in [0.4, 0.5) is 5.69 Å². The zero-order valence-electron chi connectivity index (χ0n) is 16.6. The molecule has 0 bridgehead atoms. The fourth-order valence-electron chi connectivity index (χ4n) is 2.92. The molecule has 0 heterocycles. The van der Waals surface area contributed by atoms with Crippen LogP contribution in [0.2, 0.25) is 0 Å². The van der Waals surface area contributed by atoms with E-state index in [2.05, 4.69) is 31.0 Å². The second kappa shape index (κ2) is 9.97. The summed E-state index contributed by atoms with van der Waals surface area (Å²) in [4.78, 5) is 14.5. The molecule has 0 aliphatic rings. The van der Waals surface area contributed by atoms with E-state index in [9.17, 15) is 9.90 Å². The van der Waals surface area contributed by atoms with E-state index in [1.807, 2.05) is 55.5 Å². The highest BCUT2D eigenvalue weighted by molar-refractivity contribution is 5.94. The summed E-state index contributed by atoms with van der Waals surface area (Å²) in [7, 11) is 0. The Labute approximate surface area is 162 Å². The average Bonchev–Trinajstić information content (AvgIpc) is 2.65. The van der Waals surface area contributed by atoms with E-state index in [1.54, 1.807) is 0 Å². The van der Waals surface area contributed by atoms with Gasteiger partial charge in [0.1, 0.15) is 18.5 Å². The van der Waals surface area contributed by atoms with Crippen LogP contribution in [0, 0.1) is 6.92 Å². The number of anilines is 1. The fraction of sp³-hybridized carbons (Fsp3) is 0.409. The maximum atomic E-state index is 12.3. The van der Waals surface area contributed by atoms with E-state index in [-0.39, 0.29) is 19.1 Å². The predicted molar refractivity (Wildman–Crippen MR) is 110 cm³/mol. The lowest BCUT2D eigenvalue weighted by Gasteiger charge is -2.27. The van der Waals surface area contributed by atoms with E-state index < -0.39 is 6.10 Å². The Morgan fingerprint density at radius 3 is 2.48 bits per heavy atom. The number of nitrogens with zero attached hydrogens (tertiary/aromatic N) is 1. The first-order valence-electron chi connectivity index (χ1n) is 9.43. The Morgan fingerprint density at radius 2 is 1.89 bits per heavy atom. The smallest absolute Gasteiger partial charge is 0.251 e. The fourth-order valence-corrected chi connectivity index (χ4v) is 2.92. The Morgan fingerprint density at radius 1 is 1.19 bits per heavy atom. The van der Waals surface area contributed by atoms with Crippen LogP contribution in [0.15, 0.2) is 48.5 Å². The molecular formula is C22H30N2O3. The van der Waals surface area contributed by atoms with Gasteiger partial charge in [-0.3, -0.25) is 4.79 Å². The number of hydrogen-bond donors (Lipinski definition) is 2. The number of aryl methyl sites for hydroxylation is 1. The van der Waals surface area contributed by atoms with Gasteiger partial charge < -0.3 is 20.1 Å². The summed E-state index contributed by atoms with van der Waals surface area (Å²) < 4.78 is 5.56. The van der Waals surface area contributed by atoms with Crippen molar-refractivity contribution in [3.8, 4) is 5.75 Å². The maximum Gasteiger partial charge on any atom is 0.251 e. The normalized spacial score (nSPS) is 11.9. The van der Waals surface area contributed by atoms with Gasteiger partial charge in [0.2, 0.25) is 0 Å². The van der Waals surface area contributed by atoms with Gasteiger partial charge in [-0.2, -0.15) is 0 Å². The topological polar surface area (TPSA) is 61.8 Å². The van der Waals surface area contributed by atoms with Crippen molar-refractivity contribution >= 4 is 11.6 Å². The van der Waals surface area contributed by atoms with E-state index in [0.29, 0.717) is 17.4 Å². The predicted octanol–water partition coefficient (Wildman–Crippen LogP) is 3.40. The highest BCUT2D eigenvalue weighted by atomic mass is 16.5. The molecule has 1 unspecified atom stereocenters. The summed E-state index contributed by atoms with van der Waals surface area (Å²) in [5.41, 5.74) is 2.76. The van der Waals surface area contributed by atoms with Gasteiger partial charge in [0.05, 0.1) is 0 Å². The summed E-state index contributed by atoms with van der Waals surface area (Å²) in [5.74, 6) is 0.505. The first kappa shape index (κ1) is 20.8. The Hall–Kier alpha value is -2.53. The van der Waals surface area contributed by atoms with Gasteiger partial charge in [-0.05, 0) is 69.7 Å². The molecule has 5 nitrogen and oxygen atoms in total. The van der Waals surface area contributed by atoms with Crippen LogP contribution < -0.4 is 15.0 Å². The molecule has 1 atom stereocenters. The number of hydrogen-bond acceptors (Lipinski definition) is 4. The van der Waals surface area contributed by atoms with Crippen molar-refractivity contribution in [1.29, 1.82) is 0 Å². The molecule has 0 spiro atoms. The average molecular weight is 370 g/mol. The number of carbonyl (C=O) groups is 1. The number of aliphatic hydroxyl groups excluding tert-OH is 1. The van der Waals surface area contributed by atoms with Crippen molar-refractivity contribution in [1.82, 2.24) is 5.32 Å². The summed E-state index contributed by atoms with van der Waals surface area (Å²) in [5, 5.41) is 12.8. The monoisotopic (exact) mass is 370 g/mol. The molecule has 27 heavy (non-hydrogen) atoms. The molecule has 0 saturated carbocycles. The maximum absolute atomic E-state index is 12.3. The molecule has 0 fully saturated rings. The molecule has 0 saturated heterocycles. The van der Waals surface area contributed by atoms with E-state index in [4.69, 9.17) is 4.74 Å². The second-order valence-corrected chi connectivity index (χ2v) is 6.92. The first-order chi connectivity index (χ1) is 12.9. The van der Waals surface area contributed by atoms with E-state index in [0.717, 1.165) is 17.8 Å². The number of nitrogens with one attached hydrogen (secondary N) is 1. The summed E-state index contributed by atoms with van der Waals surface area (Å²) in [6.45, 7) is 9.56. The molecule has 2 N–H and O–H groups in total. The minimum Gasteiger partial charge on any atom is -0.491 e. The summed E-state index contributed by atoms with van der Waals surface area (Å²) in [6.07, 6.45) is -0.773. The highest BCUT2D eigenvalue weighted by Gasteiger charge is 2.12. The van der Waals surface area contributed by atoms with Crippen molar-refractivity contribution in [2.75, 3.05) is 24.6 Å². The molecule has 0 aliphatic carbocycles. The number of amides is 1. The van der Waals surface area contributed by atoms with Crippen LogP contribution in [0.3, 0.4) is 0 Å². The third-order valence-electron chi connectivity index (χ3n) is 4.36. The summed E-state index contributed by atoms with van der Waals surface area (Å²) >= 11 is 0. The molecule has 0 radical (unpaired) electrons. The van der Waals surface area contributed by atoms with E-state index >= 15 is 0 Å². The largest absolute Gasteiger partial charge is 0.491 e. The Kier molecular flexibility index (Phi) is 7.67. The third kappa shape index (κ3) is 6.29. The lowest BCUT2D eigenvalue weighted by atomic mass is 10.1. The molecule has 2 aromatic carbocycles. The summed E-state index contributed by atoms with van der Waals surface area (Å²) in [6, 6.07) is 15.6. The molecule has 0 aromatic heterocycles. The number of aliphatic hydroxyl groups is 1. The molecule has 146 valence electrons. The van der Waals surface area contributed by atoms with Crippen LogP contribution in [0.1, 0.15) is 36.7 Å². The SMILES string of the molecule is CCN(c1ccc(C(=O)NCC(O)COc2cccc(C)c2)cc1)C(C)C. The molecular weight excluding hydrogens is 340 g/mol. The van der Waals surface area contributed by atoms with Crippen LogP contribution in [-0.4, -0.2) is 42.9 Å². The van der Waals surface area contributed by atoms with Gasteiger partial charge in [0, 0.05) is 30.4 Å². The number of ether oxygens (including phenoxy) is 1. The van der Waals surface area contributed by atoms with Gasteiger partial charge in [0.15, 0.2) is 0 Å². The zero-order valence-corrected chi connectivity index (χ0v) is 16.6. The minimum atomic E-state index is -0.773. The van der Waals surface area contributed by atoms with Crippen LogP contribution in [0.25, 0.3) is 0 Å². The van der Waals surface area contributed by atoms with Crippen molar-refractivity contribution in [3.05, 3.63) is 59.7 Å². The lowest BCUT2D eigenvalue weighted by molar-refractivity contribution is 0.0843. The number of benzene rings is 2. The minimum absolute atomic E-state index is 0.127. The van der Waals surface area contributed by atoms with Crippen molar-refractivity contribution in [2.24, 2.45) is 0 Å². The van der Waals surface area contributed by atoms with Gasteiger partial charge in [0.25, 0.3) is 5.91 Å². The molecule has 2 aromatic rings. The quantitative estimate of drug-likeness (QED) is 0.710. The van der Waals surface area contributed by atoms with Crippen molar-refractivity contribution in [2.45, 2.75) is 39.8 Å². The van der Waals surface area contributed by atoms with E-state index in [1.165, 1.54) is 0 Å². The van der Waals surface area contributed by atoms with Gasteiger partial charge in [-0.15, -0.1) is 0 Å². The highest BCUT2D eigenvalue weighted by Crippen LogP contribution is 2.17. The first-order valence-corrected chi connectivity index (χ1v) is 9.43. The molecule has 2 rings (SSSR count). The van der Waals surface area contributed by atoms with Crippen molar-refractivity contribution in [3.63, 3.8) is 0 Å². The Balaban J connectivity index is 1.82. The van der Waals surface area contributed by atoms with Crippen molar-refractivity contribution < 1.29 is 14.6 Å². The van der Waals surface area contributed by atoms with Crippen LogP contribution in [-0.2, 0) is 0 Å². The standard InChI is InChI=1S/C22H30N2O3/c1-5-24(16(2)3)19-11-9-18(10-12-19)22(26)23-14-20(25)15-27-21-8-6-7-17(4)13-21/h6-13,16,20,25H,5,14-15H2,1-4H3,(H,23,26). The molecule has 1 amide bonds. The van der Waals surface area contributed by atoms with Gasteiger partial charge in [-0.1, -0.05) is 12.1 Å². The van der Waals surface area contributed by atoms with Gasteiger partial charge >= 0.3 is 0 Å². The van der Waals surface area contributed by atoms with Crippen LogP contribution in [0.5, 0.6) is 5.75 Å². The zero-order chi connectivity index (χ0) is 19.8. The molecule has 5 heteroatoms. The van der Waals surface area contributed by atoms with Crippen LogP contribution >= 0.6 is 0 Å². The third-order valence-corrected chi connectivity index (χ3v) is 4.36.